The number of carbonyl (C=O) groups is 1. The minimum atomic E-state index is -0.981. The van der Waals surface area contributed by atoms with Crippen molar-refractivity contribution in [2.45, 2.75) is 31.8 Å². The van der Waals surface area contributed by atoms with Crippen molar-refractivity contribution in [3.8, 4) is 0 Å². The lowest BCUT2D eigenvalue weighted by molar-refractivity contribution is 0.0134. The lowest BCUT2D eigenvalue weighted by Gasteiger charge is -2.22. The SMILES string of the molecule is O=C(O)c1c(NCCC2CCCCO2)nc2ccccn12. The minimum Gasteiger partial charge on any atom is -0.476 e. The summed E-state index contributed by atoms with van der Waals surface area (Å²) < 4.78 is 7.26. The molecule has 0 aliphatic carbocycles. The Morgan fingerprint density at radius 3 is 3.14 bits per heavy atom. The van der Waals surface area contributed by atoms with Crippen LogP contribution >= 0.6 is 0 Å². The fourth-order valence-electron chi connectivity index (χ4n) is 2.71. The molecule has 1 aliphatic heterocycles. The van der Waals surface area contributed by atoms with E-state index >= 15 is 0 Å². The van der Waals surface area contributed by atoms with E-state index in [2.05, 4.69) is 10.3 Å². The first-order chi connectivity index (χ1) is 10.3. The van der Waals surface area contributed by atoms with Crippen molar-refractivity contribution in [2.24, 2.45) is 0 Å². The van der Waals surface area contributed by atoms with E-state index in [1.807, 2.05) is 6.07 Å². The number of anilines is 1. The topological polar surface area (TPSA) is 75.9 Å². The number of rotatable bonds is 5. The molecule has 0 aromatic carbocycles. The van der Waals surface area contributed by atoms with Crippen molar-refractivity contribution >= 4 is 17.4 Å². The molecule has 6 nitrogen and oxygen atoms in total. The van der Waals surface area contributed by atoms with E-state index in [0.29, 0.717) is 18.0 Å². The lowest BCUT2D eigenvalue weighted by Crippen LogP contribution is -2.22. The summed E-state index contributed by atoms with van der Waals surface area (Å²) in [6.45, 7) is 1.49. The van der Waals surface area contributed by atoms with Crippen LogP contribution in [-0.2, 0) is 4.74 Å². The Bertz CT molecular complexity index is 632. The Kier molecular flexibility index (Phi) is 4.06. The van der Waals surface area contributed by atoms with Crippen molar-refractivity contribution in [2.75, 3.05) is 18.5 Å². The number of pyridine rings is 1. The van der Waals surface area contributed by atoms with Gasteiger partial charge in [-0.25, -0.2) is 9.78 Å². The Hall–Kier alpha value is -2.08. The number of aromatic nitrogens is 2. The number of carboxylic acid groups (broad SMARTS) is 1. The summed E-state index contributed by atoms with van der Waals surface area (Å²) in [5.74, 6) is -0.561. The maximum absolute atomic E-state index is 11.4. The molecule has 1 aliphatic rings. The second-order valence-electron chi connectivity index (χ2n) is 5.25. The molecular weight excluding hydrogens is 270 g/mol. The average Bonchev–Trinajstić information content (AvgIpc) is 2.86. The molecule has 1 unspecified atom stereocenters. The summed E-state index contributed by atoms with van der Waals surface area (Å²) >= 11 is 0. The van der Waals surface area contributed by atoms with Gasteiger partial charge in [-0.3, -0.25) is 4.40 Å². The number of ether oxygens (including phenoxy) is 1. The maximum Gasteiger partial charge on any atom is 0.356 e. The van der Waals surface area contributed by atoms with Crippen molar-refractivity contribution in [1.29, 1.82) is 0 Å². The van der Waals surface area contributed by atoms with Crippen LogP contribution in [0.4, 0.5) is 5.82 Å². The third-order valence-corrected chi connectivity index (χ3v) is 3.77. The zero-order chi connectivity index (χ0) is 14.7. The first-order valence-corrected chi connectivity index (χ1v) is 7.31. The lowest BCUT2D eigenvalue weighted by atomic mass is 10.1. The highest BCUT2D eigenvalue weighted by Crippen LogP contribution is 2.19. The smallest absolute Gasteiger partial charge is 0.356 e. The monoisotopic (exact) mass is 289 g/mol. The Morgan fingerprint density at radius 2 is 2.38 bits per heavy atom. The number of hydrogen-bond acceptors (Lipinski definition) is 4. The molecule has 0 saturated carbocycles. The Morgan fingerprint density at radius 1 is 1.48 bits per heavy atom. The number of imidazole rings is 1. The fraction of sp³-hybridized carbons (Fsp3) is 0.467. The van der Waals surface area contributed by atoms with E-state index in [4.69, 9.17) is 4.74 Å². The van der Waals surface area contributed by atoms with Crippen LogP contribution in [0.2, 0.25) is 0 Å². The zero-order valence-corrected chi connectivity index (χ0v) is 11.8. The number of nitrogens with one attached hydrogen (secondary N) is 1. The van der Waals surface area contributed by atoms with Crippen molar-refractivity contribution in [1.82, 2.24) is 9.38 Å². The molecule has 2 N–H and O–H groups in total. The van der Waals surface area contributed by atoms with Gasteiger partial charge in [0.15, 0.2) is 11.5 Å². The second kappa shape index (κ2) is 6.13. The fourth-order valence-corrected chi connectivity index (χ4v) is 2.71. The summed E-state index contributed by atoms with van der Waals surface area (Å²) in [4.78, 5) is 15.8. The van der Waals surface area contributed by atoms with E-state index in [1.54, 1.807) is 22.7 Å². The van der Waals surface area contributed by atoms with E-state index in [9.17, 15) is 9.90 Å². The molecule has 0 bridgehead atoms. The van der Waals surface area contributed by atoms with Gasteiger partial charge in [0.1, 0.15) is 5.65 Å². The van der Waals surface area contributed by atoms with Gasteiger partial charge in [0, 0.05) is 19.3 Å². The summed E-state index contributed by atoms with van der Waals surface area (Å²) in [6.07, 6.45) is 6.28. The van der Waals surface area contributed by atoms with Crippen molar-refractivity contribution in [3.63, 3.8) is 0 Å². The highest BCUT2D eigenvalue weighted by Gasteiger charge is 2.19. The van der Waals surface area contributed by atoms with E-state index < -0.39 is 5.97 Å². The van der Waals surface area contributed by atoms with Crippen LogP contribution in [0.3, 0.4) is 0 Å². The molecule has 3 heterocycles. The van der Waals surface area contributed by atoms with Gasteiger partial charge in [-0.15, -0.1) is 0 Å². The van der Waals surface area contributed by atoms with Gasteiger partial charge < -0.3 is 15.2 Å². The Balaban J connectivity index is 1.71. The summed E-state index contributed by atoms with van der Waals surface area (Å²) in [6, 6.07) is 5.43. The van der Waals surface area contributed by atoms with Gasteiger partial charge in [-0.05, 0) is 37.8 Å². The first-order valence-electron chi connectivity index (χ1n) is 7.31. The largest absolute Gasteiger partial charge is 0.476 e. The molecule has 21 heavy (non-hydrogen) atoms. The molecule has 0 spiro atoms. The minimum absolute atomic E-state index is 0.176. The number of nitrogens with zero attached hydrogens (tertiary/aromatic N) is 2. The molecule has 1 saturated heterocycles. The van der Waals surface area contributed by atoms with Gasteiger partial charge in [-0.2, -0.15) is 0 Å². The predicted octanol–water partition coefficient (Wildman–Crippen LogP) is 2.40. The second-order valence-corrected chi connectivity index (χ2v) is 5.25. The van der Waals surface area contributed by atoms with Crippen LogP contribution in [0.15, 0.2) is 24.4 Å². The molecule has 6 heteroatoms. The number of carboxylic acids is 1. The summed E-state index contributed by atoms with van der Waals surface area (Å²) in [5.41, 5.74) is 0.807. The third-order valence-electron chi connectivity index (χ3n) is 3.77. The van der Waals surface area contributed by atoms with Crippen LogP contribution in [0.1, 0.15) is 36.2 Å². The molecule has 1 fully saturated rings. The molecule has 1 atom stereocenters. The molecule has 0 amide bonds. The van der Waals surface area contributed by atoms with Crippen LogP contribution in [-0.4, -0.2) is 39.7 Å². The van der Waals surface area contributed by atoms with Gasteiger partial charge in [0.25, 0.3) is 0 Å². The highest BCUT2D eigenvalue weighted by molar-refractivity contribution is 5.92. The van der Waals surface area contributed by atoms with E-state index in [0.717, 1.165) is 25.9 Å². The van der Waals surface area contributed by atoms with Gasteiger partial charge >= 0.3 is 5.97 Å². The maximum atomic E-state index is 11.4. The van der Waals surface area contributed by atoms with Crippen LogP contribution in [0.5, 0.6) is 0 Å². The van der Waals surface area contributed by atoms with Gasteiger partial charge in [0.2, 0.25) is 0 Å². The average molecular weight is 289 g/mol. The van der Waals surface area contributed by atoms with Gasteiger partial charge in [-0.1, -0.05) is 6.07 Å². The number of aromatic carboxylic acids is 1. The predicted molar refractivity (Wildman–Crippen MR) is 78.8 cm³/mol. The molecular formula is C15H19N3O3. The van der Waals surface area contributed by atoms with Crippen molar-refractivity contribution < 1.29 is 14.6 Å². The molecule has 0 radical (unpaired) electrons. The van der Waals surface area contributed by atoms with E-state index in [-0.39, 0.29) is 11.8 Å². The van der Waals surface area contributed by atoms with Crippen LogP contribution in [0.25, 0.3) is 5.65 Å². The highest BCUT2D eigenvalue weighted by atomic mass is 16.5. The summed E-state index contributed by atoms with van der Waals surface area (Å²) in [5, 5.41) is 12.5. The third kappa shape index (κ3) is 3.00. The zero-order valence-electron chi connectivity index (χ0n) is 11.8. The number of fused-ring (bicyclic) bond motifs is 1. The molecule has 3 rings (SSSR count). The standard InChI is InChI=1S/C15H19N3O3/c19-15(20)13-14(17-12-6-1-3-9-18(12)13)16-8-7-11-5-2-4-10-21-11/h1,3,6,9,11,16H,2,4-5,7-8,10H2,(H,19,20). The van der Waals surface area contributed by atoms with Crippen LogP contribution in [0, 0.1) is 0 Å². The normalized spacial score (nSPS) is 18.8. The Labute approximate surface area is 122 Å². The first kappa shape index (κ1) is 13.9. The van der Waals surface area contributed by atoms with Crippen LogP contribution < -0.4 is 5.32 Å². The summed E-state index contributed by atoms with van der Waals surface area (Å²) in [7, 11) is 0. The molecule has 2 aromatic rings. The quantitative estimate of drug-likeness (QED) is 0.884. The number of hydrogen-bond donors (Lipinski definition) is 2. The molecule has 2 aromatic heterocycles. The molecule has 112 valence electrons. The van der Waals surface area contributed by atoms with E-state index in [1.165, 1.54) is 6.42 Å². The van der Waals surface area contributed by atoms with Gasteiger partial charge in [0.05, 0.1) is 6.10 Å². The van der Waals surface area contributed by atoms with Crippen molar-refractivity contribution in [3.05, 3.63) is 30.1 Å².